The average Bonchev–Trinajstić information content (AvgIpc) is 2.92. The highest BCUT2D eigenvalue weighted by molar-refractivity contribution is 8.00. The molecule has 4 aromatic carbocycles. The topological polar surface area (TPSA) is 101 Å². The van der Waals surface area contributed by atoms with Crippen LogP contribution < -0.4 is 16.4 Å². The quantitative estimate of drug-likeness (QED) is 0.194. The molecule has 7 heteroatoms. The molecular weight excluding hydrogens is 482 g/mol. The number of primary amides is 1. The molecule has 0 aliphatic heterocycles. The summed E-state index contributed by atoms with van der Waals surface area (Å²) in [7, 11) is 0. The van der Waals surface area contributed by atoms with Crippen LogP contribution >= 0.6 is 11.8 Å². The number of carbonyl (C=O) groups is 3. The van der Waals surface area contributed by atoms with E-state index in [0.29, 0.717) is 11.4 Å². The molecule has 1 unspecified atom stereocenters. The third-order valence-electron chi connectivity index (χ3n) is 5.37. The second-order valence-electron chi connectivity index (χ2n) is 8.07. The van der Waals surface area contributed by atoms with Crippen molar-refractivity contribution in [2.24, 2.45) is 5.73 Å². The van der Waals surface area contributed by atoms with Gasteiger partial charge in [0.1, 0.15) is 5.25 Å². The van der Waals surface area contributed by atoms with Gasteiger partial charge >= 0.3 is 0 Å². The first-order chi connectivity index (χ1) is 18.0. The summed E-state index contributed by atoms with van der Waals surface area (Å²) in [4.78, 5) is 38.4. The van der Waals surface area contributed by atoms with Crippen molar-refractivity contribution in [1.29, 1.82) is 0 Å². The van der Waals surface area contributed by atoms with E-state index in [1.165, 1.54) is 17.8 Å². The summed E-state index contributed by atoms with van der Waals surface area (Å²) in [6.45, 7) is 0. The van der Waals surface area contributed by atoms with Crippen molar-refractivity contribution in [1.82, 2.24) is 0 Å². The SMILES string of the molecule is NC(=O)c1ccccc1NC(=O)C(Sc1cccc(NC(=O)/C=C/c2ccccc2)c1)c1ccccc1. The Morgan fingerprint density at radius 2 is 1.43 bits per heavy atom. The summed E-state index contributed by atoms with van der Waals surface area (Å²) in [6.07, 6.45) is 3.22. The van der Waals surface area contributed by atoms with Crippen LogP contribution in [-0.4, -0.2) is 17.7 Å². The predicted molar refractivity (Wildman–Crippen MR) is 149 cm³/mol. The van der Waals surface area contributed by atoms with E-state index in [1.807, 2.05) is 78.9 Å². The highest BCUT2D eigenvalue weighted by Crippen LogP contribution is 2.37. The van der Waals surface area contributed by atoms with E-state index in [1.54, 1.807) is 36.4 Å². The van der Waals surface area contributed by atoms with Gasteiger partial charge in [0.25, 0.3) is 5.91 Å². The van der Waals surface area contributed by atoms with Gasteiger partial charge in [-0.05, 0) is 47.5 Å². The molecule has 37 heavy (non-hydrogen) atoms. The minimum absolute atomic E-state index is 0.237. The van der Waals surface area contributed by atoms with Gasteiger partial charge in [0, 0.05) is 16.7 Å². The predicted octanol–water partition coefficient (Wildman–Crippen LogP) is 5.91. The lowest BCUT2D eigenvalue weighted by Crippen LogP contribution is -2.22. The number of para-hydroxylation sites is 1. The zero-order valence-electron chi connectivity index (χ0n) is 19.8. The van der Waals surface area contributed by atoms with Gasteiger partial charge < -0.3 is 16.4 Å². The van der Waals surface area contributed by atoms with Gasteiger partial charge in [-0.3, -0.25) is 14.4 Å². The normalized spacial score (nSPS) is 11.6. The van der Waals surface area contributed by atoms with Crippen molar-refractivity contribution in [3.8, 4) is 0 Å². The number of hydrogen-bond donors (Lipinski definition) is 3. The van der Waals surface area contributed by atoms with Gasteiger partial charge in [0.15, 0.2) is 0 Å². The molecule has 4 N–H and O–H groups in total. The van der Waals surface area contributed by atoms with Gasteiger partial charge in [-0.15, -0.1) is 11.8 Å². The maximum atomic E-state index is 13.4. The molecule has 0 saturated heterocycles. The number of amides is 3. The summed E-state index contributed by atoms with van der Waals surface area (Å²) < 4.78 is 0. The molecular formula is C30H25N3O3S. The monoisotopic (exact) mass is 507 g/mol. The Labute approximate surface area is 219 Å². The molecule has 6 nitrogen and oxygen atoms in total. The van der Waals surface area contributed by atoms with Gasteiger partial charge in [0.2, 0.25) is 11.8 Å². The van der Waals surface area contributed by atoms with Crippen molar-refractivity contribution in [3.63, 3.8) is 0 Å². The van der Waals surface area contributed by atoms with Crippen molar-refractivity contribution in [3.05, 3.63) is 132 Å². The molecule has 3 amide bonds. The average molecular weight is 508 g/mol. The Morgan fingerprint density at radius 3 is 2.16 bits per heavy atom. The van der Waals surface area contributed by atoms with E-state index in [0.717, 1.165) is 16.0 Å². The third-order valence-corrected chi connectivity index (χ3v) is 6.62. The fourth-order valence-electron chi connectivity index (χ4n) is 3.61. The maximum Gasteiger partial charge on any atom is 0.250 e. The fourth-order valence-corrected chi connectivity index (χ4v) is 4.69. The number of benzene rings is 4. The second-order valence-corrected chi connectivity index (χ2v) is 9.25. The van der Waals surface area contributed by atoms with Crippen molar-refractivity contribution >= 4 is 46.9 Å². The number of carbonyl (C=O) groups excluding carboxylic acids is 3. The first-order valence-electron chi connectivity index (χ1n) is 11.5. The zero-order chi connectivity index (χ0) is 26.0. The summed E-state index contributed by atoms with van der Waals surface area (Å²) in [5.41, 5.74) is 8.40. The molecule has 0 bridgehead atoms. The molecule has 0 aromatic heterocycles. The Kier molecular flexibility index (Phi) is 8.52. The smallest absolute Gasteiger partial charge is 0.250 e. The Morgan fingerprint density at radius 1 is 0.757 bits per heavy atom. The zero-order valence-corrected chi connectivity index (χ0v) is 20.7. The fraction of sp³-hybridized carbons (Fsp3) is 0.0333. The van der Waals surface area contributed by atoms with Crippen LogP contribution in [0.25, 0.3) is 6.08 Å². The summed E-state index contributed by atoms with van der Waals surface area (Å²) in [5.74, 6) is -1.18. The number of nitrogens with one attached hydrogen (secondary N) is 2. The van der Waals surface area contributed by atoms with Gasteiger partial charge in [0.05, 0.1) is 11.3 Å². The van der Waals surface area contributed by atoms with Crippen LogP contribution in [0.1, 0.15) is 26.7 Å². The molecule has 0 aliphatic rings. The van der Waals surface area contributed by atoms with Crippen molar-refractivity contribution < 1.29 is 14.4 Å². The summed E-state index contributed by atoms with van der Waals surface area (Å²) in [5, 5.41) is 5.09. The number of hydrogen-bond acceptors (Lipinski definition) is 4. The van der Waals surface area contributed by atoms with Crippen molar-refractivity contribution in [2.45, 2.75) is 10.1 Å². The van der Waals surface area contributed by atoms with Crippen LogP contribution in [0.3, 0.4) is 0 Å². The van der Waals surface area contributed by atoms with Crippen LogP contribution in [-0.2, 0) is 9.59 Å². The molecule has 1 atom stereocenters. The summed E-state index contributed by atoms with van der Waals surface area (Å²) in [6, 6.07) is 32.8. The molecule has 4 aromatic rings. The highest BCUT2D eigenvalue weighted by atomic mass is 32.2. The molecule has 0 heterocycles. The largest absolute Gasteiger partial charge is 0.366 e. The molecule has 0 fully saturated rings. The van der Waals surface area contributed by atoms with E-state index < -0.39 is 11.2 Å². The number of anilines is 2. The van der Waals surface area contributed by atoms with Gasteiger partial charge in [-0.2, -0.15) is 0 Å². The van der Waals surface area contributed by atoms with Crippen LogP contribution in [0, 0.1) is 0 Å². The van der Waals surface area contributed by atoms with Crippen LogP contribution in [0.15, 0.2) is 120 Å². The van der Waals surface area contributed by atoms with Gasteiger partial charge in [-0.1, -0.05) is 78.9 Å². The highest BCUT2D eigenvalue weighted by Gasteiger charge is 2.23. The van der Waals surface area contributed by atoms with E-state index in [-0.39, 0.29) is 17.4 Å². The number of nitrogens with two attached hydrogens (primary N) is 1. The van der Waals surface area contributed by atoms with Gasteiger partial charge in [-0.25, -0.2) is 0 Å². The minimum Gasteiger partial charge on any atom is -0.366 e. The van der Waals surface area contributed by atoms with Crippen LogP contribution in [0.2, 0.25) is 0 Å². The summed E-state index contributed by atoms with van der Waals surface area (Å²) >= 11 is 1.34. The molecule has 0 spiro atoms. The molecule has 184 valence electrons. The van der Waals surface area contributed by atoms with E-state index in [4.69, 9.17) is 5.73 Å². The molecule has 0 aliphatic carbocycles. The van der Waals surface area contributed by atoms with E-state index in [2.05, 4.69) is 10.6 Å². The second kappa shape index (κ2) is 12.4. The maximum absolute atomic E-state index is 13.4. The van der Waals surface area contributed by atoms with Crippen LogP contribution in [0.5, 0.6) is 0 Å². The van der Waals surface area contributed by atoms with Crippen LogP contribution in [0.4, 0.5) is 11.4 Å². The lowest BCUT2D eigenvalue weighted by Gasteiger charge is -2.18. The third kappa shape index (κ3) is 7.19. The standard InChI is InChI=1S/C30H25N3O3S/c31-29(35)25-16-7-8-17-26(25)33-30(36)28(22-12-5-2-6-13-22)37-24-15-9-14-23(20-24)32-27(34)19-18-21-10-3-1-4-11-21/h1-20,28H,(H2,31,35)(H,32,34)(H,33,36)/b19-18+. The van der Waals surface area contributed by atoms with E-state index >= 15 is 0 Å². The first-order valence-corrected chi connectivity index (χ1v) is 12.4. The lowest BCUT2D eigenvalue weighted by atomic mass is 10.1. The first kappa shape index (κ1) is 25.5. The van der Waals surface area contributed by atoms with Crippen molar-refractivity contribution in [2.75, 3.05) is 10.6 Å². The molecule has 4 rings (SSSR count). The Bertz CT molecular complexity index is 1420. The molecule has 0 saturated carbocycles. The Hall–Kier alpha value is -4.62. The Balaban J connectivity index is 1.52. The number of thioether (sulfide) groups is 1. The molecule has 0 radical (unpaired) electrons. The van der Waals surface area contributed by atoms with E-state index in [9.17, 15) is 14.4 Å². The number of rotatable bonds is 9. The minimum atomic E-state index is -0.621. The lowest BCUT2D eigenvalue weighted by molar-refractivity contribution is -0.116.